The highest BCUT2D eigenvalue weighted by Gasteiger charge is 2.34. The van der Waals surface area contributed by atoms with E-state index in [1.54, 1.807) is 88.6 Å². The van der Waals surface area contributed by atoms with Gasteiger partial charge in [-0.25, -0.2) is 9.18 Å². The average molecular weight is 553 g/mol. The van der Waals surface area contributed by atoms with Gasteiger partial charge >= 0.3 is 6.09 Å². The summed E-state index contributed by atoms with van der Waals surface area (Å²) in [6.45, 7) is 7.00. The standard InChI is InChI=1S/C29H33FN4O4S/c1-28(2,3)38-27(37)34-24(17-32-26(36)29(4,18-39)21-9-11-22(30)12-10-21)19-5-7-20(8-6-19)25(35)33-23-13-15-31-16-14-23/h5-16,24,39H,17-18H2,1-4H3,(H,32,36)(H,34,37)(H,31,33,35). The van der Waals surface area contributed by atoms with Gasteiger partial charge in [-0.1, -0.05) is 24.3 Å². The van der Waals surface area contributed by atoms with Gasteiger partial charge in [-0.2, -0.15) is 12.6 Å². The number of nitrogens with zero attached hydrogens (tertiary/aromatic N) is 1. The number of hydrogen-bond donors (Lipinski definition) is 4. The molecule has 2 aromatic carbocycles. The van der Waals surface area contributed by atoms with Crippen molar-refractivity contribution in [1.29, 1.82) is 0 Å². The molecule has 3 N–H and O–H groups in total. The molecular formula is C29H33FN4O4S. The van der Waals surface area contributed by atoms with Crippen molar-refractivity contribution < 1.29 is 23.5 Å². The van der Waals surface area contributed by atoms with Crippen molar-refractivity contribution in [1.82, 2.24) is 15.6 Å². The first-order valence-electron chi connectivity index (χ1n) is 12.4. The van der Waals surface area contributed by atoms with Gasteiger partial charge in [0.25, 0.3) is 5.91 Å². The Bertz CT molecular complexity index is 1280. The van der Waals surface area contributed by atoms with Gasteiger partial charge in [-0.15, -0.1) is 0 Å². The summed E-state index contributed by atoms with van der Waals surface area (Å²) >= 11 is 4.38. The van der Waals surface area contributed by atoms with Crippen LogP contribution in [0.4, 0.5) is 14.9 Å². The van der Waals surface area contributed by atoms with Gasteiger partial charge in [0.1, 0.15) is 11.4 Å². The Morgan fingerprint density at radius 3 is 2.13 bits per heavy atom. The molecule has 3 rings (SSSR count). The molecule has 0 fully saturated rings. The molecule has 206 valence electrons. The van der Waals surface area contributed by atoms with E-state index in [4.69, 9.17) is 4.74 Å². The molecule has 8 nitrogen and oxygen atoms in total. The van der Waals surface area contributed by atoms with Gasteiger partial charge in [0.2, 0.25) is 5.91 Å². The van der Waals surface area contributed by atoms with E-state index in [2.05, 4.69) is 33.6 Å². The summed E-state index contributed by atoms with van der Waals surface area (Å²) < 4.78 is 18.9. The second kappa shape index (κ2) is 12.8. The van der Waals surface area contributed by atoms with E-state index >= 15 is 0 Å². The maximum Gasteiger partial charge on any atom is 0.408 e. The molecule has 2 unspecified atom stereocenters. The topological polar surface area (TPSA) is 109 Å². The maximum absolute atomic E-state index is 13.4. The molecule has 0 radical (unpaired) electrons. The first-order chi connectivity index (χ1) is 18.4. The number of thiol groups is 1. The van der Waals surface area contributed by atoms with Crippen LogP contribution >= 0.6 is 12.6 Å². The van der Waals surface area contributed by atoms with Gasteiger partial charge in [-0.3, -0.25) is 14.6 Å². The molecule has 0 aliphatic heterocycles. The number of anilines is 1. The van der Waals surface area contributed by atoms with Gasteiger partial charge in [-0.05, 0) is 75.2 Å². The van der Waals surface area contributed by atoms with Crippen molar-refractivity contribution in [3.8, 4) is 0 Å². The quantitative estimate of drug-likeness (QED) is 0.278. The minimum Gasteiger partial charge on any atom is -0.444 e. The lowest BCUT2D eigenvalue weighted by Gasteiger charge is -2.29. The van der Waals surface area contributed by atoms with Crippen LogP contribution < -0.4 is 16.0 Å². The fourth-order valence-corrected chi connectivity index (χ4v) is 4.04. The predicted octanol–water partition coefficient (Wildman–Crippen LogP) is 5.04. The number of aromatic nitrogens is 1. The van der Waals surface area contributed by atoms with Crippen LogP contribution in [0.5, 0.6) is 0 Å². The maximum atomic E-state index is 13.4. The Labute approximate surface area is 233 Å². The molecule has 1 aromatic heterocycles. The summed E-state index contributed by atoms with van der Waals surface area (Å²) in [5, 5.41) is 8.48. The van der Waals surface area contributed by atoms with Crippen LogP contribution in [-0.2, 0) is 14.9 Å². The smallest absolute Gasteiger partial charge is 0.408 e. The first kappa shape index (κ1) is 29.6. The van der Waals surface area contributed by atoms with Gasteiger partial charge < -0.3 is 20.7 Å². The van der Waals surface area contributed by atoms with Crippen molar-refractivity contribution in [3.63, 3.8) is 0 Å². The Morgan fingerprint density at radius 1 is 0.949 bits per heavy atom. The number of hydrogen-bond acceptors (Lipinski definition) is 6. The van der Waals surface area contributed by atoms with E-state index < -0.39 is 29.0 Å². The highest BCUT2D eigenvalue weighted by molar-refractivity contribution is 7.80. The normalized spacial score (nSPS) is 13.5. The van der Waals surface area contributed by atoms with Crippen LogP contribution in [0.25, 0.3) is 0 Å². The van der Waals surface area contributed by atoms with Crippen molar-refractivity contribution in [3.05, 3.63) is 95.6 Å². The molecule has 0 spiro atoms. The molecule has 0 saturated heterocycles. The molecule has 10 heteroatoms. The van der Waals surface area contributed by atoms with Crippen LogP contribution in [0.15, 0.2) is 73.1 Å². The average Bonchev–Trinajstić information content (AvgIpc) is 2.90. The number of carbonyl (C=O) groups excluding carboxylic acids is 3. The van der Waals surface area contributed by atoms with Crippen molar-refractivity contribution >= 4 is 36.2 Å². The van der Waals surface area contributed by atoms with Crippen molar-refractivity contribution in [2.75, 3.05) is 17.6 Å². The third-order valence-electron chi connectivity index (χ3n) is 5.97. The number of pyridine rings is 1. The van der Waals surface area contributed by atoms with Crippen LogP contribution in [0.1, 0.15) is 55.2 Å². The second-order valence-corrected chi connectivity index (χ2v) is 10.5. The fraction of sp³-hybridized carbons (Fsp3) is 0.310. The van der Waals surface area contributed by atoms with Gasteiger partial charge in [0.05, 0.1) is 11.5 Å². The largest absolute Gasteiger partial charge is 0.444 e. The monoisotopic (exact) mass is 552 g/mol. The zero-order valence-corrected chi connectivity index (χ0v) is 23.2. The number of halogens is 1. The molecule has 39 heavy (non-hydrogen) atoms. The molecule has 0 saturated carbocycles. The number of nitrogens with one attached hydrogen (secondary N) is 3. The second-order valence-electron chi connectivity index (χ2n) is 10.2. The third-order valence-corrected chi connectivity index (χ3v) is 6.60. The molecule has 3 amide bonds. The van der Waals surface area contributed by atoms with Crippen molar-refractivity contribution in [2.45, 2.75) is 44.8 Å². The molecule has 0 aliphatic rings. The number of carbonyl (C=O) groups is 3. The van der Waals surface area contributed by atoms with Crippen LogP contribution in [0, 0.1) is 5.82 Å². The van der Waals surface area contributed by atoms with Gasteiger partial charge in [0.15, 0.2) is 0 Å². The number of rotatable bonds is 9. The van der Waals surface area contributed by atoms with E-state index in [1.165, 1.54) is 12.1 Å². The Hall–Kier alpha value is -3.92. The van der Waals surface area contributed by atoms with E-state index in [0.717, 1.165) is 0 Å². The Balaban J connectivity index is 1.78. The zero-order chi connectivity index (χ0) is 28.6. The summed E-state index contributed by atoms with van der Waals surface area (Å²) in [4.78, 5) is 42.5. The van der Waals surface area contributed by atoms with Crippen LogP contribution in [0.2, 0.25) is 0 Å². The molecule has 0 bridgehead atoms. The van der Waals surface area contributed by atoms with Crippen LogP contribution in [0.3, 0.4) is 0 Å². The minimum absolute atomic E-state index is 0.0329. The minimum atomic E-state index is -1.04. The number of alkyl carbamates (subject to hydrolysis) is 1. The lowest BCUT2D eigenvalue weighted by molar-refractivity contribution is -0.125. The lowest BCUT2D eigenvalue weighted by Crippen LogP contribution is -2.47. The van der Waals surface area contributed by atoms with E-state index in [1.807, 2.05) is 0 Å². The van der Waals surface area contributed by atoms with Crippen molar-refractivity contribution in [2.24, 2.45) is 0 Å². The summed E-state index contributed by atoms with van der Waals surface area (Å²) in [6, 6.07) is 15.1. The molecule has 0 aliphatic carbocycles. The Morgan fingerprint density at radius 2 is 1.56 bits per heavy atom. The van der Waals surface area contributed by atoms with E-state index in [9.17, 15) is 18.8 Å². The number of benzene rings is 2. The molecule has 3 aromatic rings. The highest BCUT2D eigenvalue weighted by atomic mass is 32.1. The molecule has 2 atom stereocenters. The third kappa shape index (κ3) is 8.28. The Kier molecular flexibility index (Phi) is 9.69. The predicted molar refractivity (Wildman–Crippen MR) is 151 cm³/mol. The van der Waals surface area contributed by atoms with E-state index in [0.29, 0.717) is 22.4 Å². The number of amides is 3. The zero-order valence-electron chi connectivity index (χ0n) is 22.3. The SMILES string of the molecule is CC(C)(C)OC(=O)NC(CNC(=O)C(C)(CS)c1ccc(F)cc1)c1ccc(C(=O)Nc2ccncc2)cc1. The van der Waals surface area contributed by atoms with Gasteiger partial charge in [0, 0.05) is 35.9 Å². The summed E-state index contributed by atoms with van der Waals surface area (Å²) in [7, 11) is 0. The summed E-state index contributed by atoms with van der Waals surface area (Å²) in [6.07, 6.45) is 2.50. The summed E-state index contributed by atoms with van der Waals surface area (Å²) in [5.41, 5.74) is 0.519. The summed E-state index contributed by atoms with van der Waals surface area (Å²) in [5.74, 6) is -0.870. The molecular weight excluding hydrogens is 519 g/mol. The fourth-order valence-electron chi connectivity index (χ4n) is 3.71. The lowest BCUT2D eigenvalue weighted by atomic mass is 9.83. The highest BCUT2D eigenvalue weighted by Crippen LogP contribution is 2.26. The van der Waals surface area contributed by atoms with Crippen LogP contribution in [-0.4, -0.2) is 40.8 Å². The first-order valence-corrected chi connectivity index (χ1v) is 13.0. The molecule has 1 heterocycles. The van der Waals surface area contributed by atoms with E-state index in [-0.39, 0.29) is 24.1 Å². The number of ether oxygens (including phenoxy) is 1.